The summed E-state index contributed by atoms with van der Waals surface area (Å²) in [7, 11) is 0. The van der Waals surface area contributed by atoms with Crippen LogP contribution in [-0.4, -0.2) is 36.2 Å². The fourth-order valence-electron chi connectivity index (χ4n) is 3.50. The van der Waals surface area contributed by atoms with Crippen molar-refractivity contribution in [2.24, 2.45) is 11.5 Å². The van der Waals surface area contributed by atoms with E-state index in [1.54, 1.807) is 23.5 Å². The van der Waals surface area contributed by atoms with E-state index in [4.69, 9.17) is 23.1 Å². The fraction of sp³-hybridized carbons (Fsp3) is 0.400. The Balaban J connectivity index is 1.75. The van der Waals surface area contributed by atoms with Crippen LogP contribution >= 0.6 is 22.9 Å². The van der Waals surface area contributed by atoms with Crippen LogP contribution in [0.5, 0.6) is 0 Å². The number of thiophene rings is 1. The lowest BCUT2D eigenvalue weighted by atomic mass is 9.98. The van der Waals surface area contributed by atoms with Crippen LogP contribution in [0.4, 0.5) is 0 Å². The molecule has 1 amide bonds. The number of hydrogen-bond acceptors (Lipinski definition) is 5. The van der Waals surface area contributed by atoms with Gasteiger partial charge < -0.3 is 11.5 Å². The molecule has 4 N–H and O–H groups in total. The number of fused-ring (bicyclic) bond motifs is 1. The average molecular weight is 406 g/mol. The molecule has 7 heteroatoms. The molecule has 27 heavy (non-hydrogen) atoms. The molecule has 0 unspecified atom stereocenters. The van der Waals surface area contributed by atoms with Crippen LogP contribution in [0.3, 0.4) is 0 Å². The number of carbonyl (C=O) groups is 2. The van der Waals surface area contributed by atoms with Crippen LogP contribution in [0.2, 0.25) is 5.02 Å². The van der Waals surface area contributed by atoms with Crippen molar-refractivity contribution in [1.82, 2.24) is 4.90 Å². The zero-order valence-corrected chi connectivity index (χ0v) is 16.7. The maximum absolute atomic E-state index is 12.6. The zero-order valence-electron chi connectivity index (χ0n) is 15.2. The Kier molecular flexibility index (Phi) is 6.65. The molecular formula is C20H24ClN3O2S. The molecule has 0 spiro atoms. The van der Waals surface area contributed by atoms with Crippen molar-refractivity contribution in [2.75, 3.05) is 19.6 Å². The molecule has 5 nitrogen and oxygen atoms in total. The standard InChI is InChI=1S/C20H24ClN3O2S/c21-14-4-2-13(3-5-14)10-15(25)11-17-19(20(23)26)16-6-9-24(8-1-7-22)12-18(16)27-17/h2-5H,1,6-12,22H2,(H2,23,26). The number of benzene rings is 1. The maximum atomic E-state index is 12.6. The molecule has 2 aromatic rings. The number of carbonyl (C=O) groups excluding carboxylic acids is 2. The number of amides is 1. The van der Waals surface area contributed by atoms with Crippen molar-refractivity contribution in [3.05, 3.63) is 55.7 Å². The van der Waals surface area contributed by atoms with Gasteiger partial charge in [0.05, 0.1) is 5.56 Å². The van der Waals surface area contributed by atoms with Gasteiger partial charge in [0.15, 0.2) is 0 Å². The van der Waals surface area contributed by atoms with E-state index in [1.165, 1.54) is 0 Å². The second-order valence-corrected chi connectivity index (χ2v) is 8.48. The molecule has 0 saturated carbocycles. The van der Waals surface area contributed by atoms with Gasteiger partial charge >= 0.3 is 0 Å². The molecule has 0 radical (unpaired) electrons. The van der Waals surface area contributed by atoms with E-state index in [0.717, 1.165) is 53.4 Å². The molecular weight excluding hydrogens is 382 g/mol. The van der Waals surface area contributed by atoms with Crippen molar-refractivity contribution in [2.45, 2.75) is 32.2 Å². The average Bonchev–Trinajstić information content (AvgIpc) is 2.98. The van der Waals surface area contributed by atoms with Gasteiger partial charge in [-0.05, 0) is 49.2 Å². The van der Waals surface area contributed by atoms with E-state index in [0.29, 0.717) is 23.6 Å². The topological polar surface area (TPSA) is 89.4 Å². The second-order valence-electron chi connectivity index (χ2n) is 6.85. The first-order valence-corrected chi connectivity index (χ1v) is 10.3. The highest BCUT2D eigenvalue weighted by Gasteiger charge is 2.27. The number of hydrogen-bond donors (Lipinski definition) is 2. The van der Waals surface area contributed by atoms with Crippen molar-refractivity contribution < 1.29 is 9.59 Å². The molecule has 0 bridgehead atoms. The van der Waals surface area contributed by atoms with Gasteiger partial charge in [-0.25, -0.2) is 0 Å². The minimum atomic E-state index is -0.433. The molecule has 3 rings (SSSR count). The third kappa shape index (κ3) is 4.96. The van der Waals surface area contributed by atoms with E-state index in [9.17, 15) is 9.59 Å². The summed E-state index contributed by atoms with van der Waals surface area (Å²) in [4.78, 5) is 28.9. The summed E-state index contributed by atoms with van der Waals surface area (Å²) in [6.45, 7) is 3.31. The van der Waals surface area contributed by atoms with Gasteiger partial charge in [0.25, 0.3) is 0 Å². The van der Waals surface area contributed by atoms with Gasteiger partial charge in [0.1, 0.15) is 5.78 Å². The molecule has 0 atom stereocenters. The lowest BCUT2D eigenvalue weighted by Crippen LogP contribution is -2.32. The predicted octanol–water partition coefficient (Wildman–Crippen LogP) is 2.56. The molecule has 144 valence electrons. The van der Waals surface area contributed by atoms with Gasteiger partial charge in [-0.1, -0.05) is 23.7 Å². The summed E-state index contributed by atoms with van der Waals surface area (Å²) in [5.74, 6) is -0.365. The monoisotopic (exact) mass is 405 g/mol. The Morgan fingerprint density at radius 1 is 1.19 bits per heavy atom. The van der Waals surface area contributed by atoms with Crippen LogP contribution in [0.25, 0.3) is 0 Å². The highest BCUT2D eigenvalue weighted by atomic mass is 35.5. The van der Waals surface area contributed by atoms with Crippen LogP contribution in [0.15, 0.2) is 24.3 Å². The molecule has 1 aromatic carbocycles. The lowest BCUT2D eigenvalue weighted by molar-refractivity contribution is -0.117. The summed E-state index contributed by atoms with van der Waals surface area (Å²) in [6.07, 6.45) is 2.30. The number of Topliss-reactive ketones (excluding diaryl/α,β-unsaturated/α-hetero) is 1. The van der Waals surface area contributed by atoms with Gasteiger partial charge in [-0.15, -0.1) is 11.3 Å². The summed E-state index contributed by atoms with van der Waals surface area (Å²) >= 11 is 7.44. The second kappa shape index (κ2) is 8.97. The number of rotatable bonds is 8. The van der Waals surface area contributed by atoms with E-state index < -0.39 is 5.91 Å². The number of ketones is 1. The molecule has 1 aliphatic rings. The third-order valence-electron chi connectivity index (χ3n) is 4.81. The normalized spacial score (nSPS) is 14.1. The van der Waals surface area contributed by atoms with E-state index in [2.05, 4.69) is 4.90 Å². The Morgan fingerprint density at radius 3 is 2.59 bits per heavy atom. The van der Waals surface area contributed by atoms with Crippen LogP contribution in [-0.2, 0) is 30.6 Å². The largest absolute Gasteiger partial charge is 0.366 e. The molecule has 1 aromatic heterocycles. The Labute approximate surface area is 168 Å². The van der Waals surface area contributed by atoms with E-state index in [-0.39, 0.29) is 12.2 Å². The number of primary amides is 1. The van der Waals surface area contributed by atoms with Gasteiger partial charge in [-0.2, -0.15) is 0 Å². The van der Waals surface area contributed by atoms with E-state index in [1.807, 2.05) is 12.1 Å². The summed E-state index contributed by atoms with van der Waals surface area (Å²) in [5.41, 5.74) is 13.8. The first-order chi connectivity index (χ1) is 13.0. The molecule has 1 aliphatic heterocycles. The van der Waals surface area contributed by atoms with Crippen molar-refractivity contribution in [3.63, 3.8) is 0 Å². The van der Waals surface area contributed by atoms with Crippen LogP contribution < -0.4 is 11.5 Å². The minimum absolute atomic E-state index is 0.0680. The smallest absolute Gasteiger partial charge is 0.250 e. The SMILES string of the molecule is NCCCN1CCc2c(sc(CC(=O)Cc3ccc(Cl)cc3)c2C(N)=O)C1. The summed E-state index contributed by atoms with van der Waals surface area (Å²) < 4.78 is 0. The minimum Gasteiger partial charge on any atom is -0.366 e. The first kappa shape index (κ1) is 20.0. The van der Waals surface area contributed by atoms with Crippen molar-refractivity contribution >= 4 is 34.6 Å². The summed E-state index contributed by atoms with van der Waals surface area (Å²) in [6, 6.07) is 7.26. The van der Waals surface area contributed by atoms with Crippen molar-refractivity contribution in [1.29, 1.82) is 0 Å². The molecule has 2 heterocycles. The first-order valence-electron chi connectivity index (χ1n) is 9.09. The summed E-state index contributed by atoms with van der Waals surface area (Å²) in [5, 5.41) is 0.646. The molecule has 0 saturated heterocycles. The fourth-order valence-corrected chi connectivity index (χ4v) is 5.06. The third-order valence-corrected chi connectivity index (χ3v) is 6.27. The van der Waals surface area contributed by atoms with Crippen LogP contribution in [0, 0.1) is 0 Å². The van der Waals surface area contributed by atoms with Crippen LogP contribution in [0.1, 0.15) is 37.7 Å². The highest BCUT2D eigenvalue weighted by molar-refractivity contribution is 7.12. The predicted molar refractivity (Wildman–Crippen MR) is 109 cm³/mol. The van der Waals surface area contributed by atoms with E-state index >= 15 is 0 Å². The number of nitrogens with two attached hydrogens (primary N) is 2. The Bertz CT molecular complexity index is 832. The highest BCUT2D eigenvalue weighted by Crippen LogP contribution is 2.33. The van der Waals surface area contributed by atoms with Gasteiger partial charge in [0.2, 0.25) is 5.91 Å². The number of halogens is 1. The van der Waals surface area contributed by atoms with Gasteiger partial charge in [-0.3, -0.25) is 14.5 Å². The van der Waals surface area contributed by atoms with Gasteiger partial charge in [0, 0.05) is 40.7 Å². The Morgan fingerprint density at radius 2 is 1.93 bits per heavy atom. The molecule has 0 fully saturated rings. The lowest BCUT2D eigenvalue weighted by Gasteiger charge is -2.26. The molecule has 0 aliphatic carbocycles. The zero-order chi connectivity index (χ0) is 19.4. The maximum Gasteiger partial charge on any atom is 0.250 e. The van der Waals surface area contributed by atoms with Crippen molar-refractivity contribution in [3.8, 4) is 0 Å². The quantitative estimate of drug-likeness (QED) is 0.706. The number of nitrogens with zero attached hydrogens (tertiary/aromatic N) is 1. The Hall–Kier alpha value is -1.73.